The van der Waals surface area contributed by atoms with Crippen LogP contribution in [0.3, 0.4) is 0 Å². The van der Waals surface area contributed by atoms with Crippen LogP contribution in [0, 0.1) is 6.92 Å². The van der Waals surface area contributed by atoms with E-state index in [2.05, 4.69) is 10.3 Å². The Hall–Kier alpha value is -3.12. The maximum absolute atomic E-state index is 12.4. The van der Waals surface area contributed by atoms with E-state index in [-0.39, 0.29) is 11.9 Å². The lowest BCUT2D eigenvalue weighted by Gasteiger charge is -2.11. The van der Waals surface area contributed by atoms with Crippen molar-refractivity contribution >= 4 is 23.3 Å². The number of aromatic nitrogens is 1. The van der Waals surface area contributed by atoms with Crippen LogP contribution in [0.25, 0.3) is 16.6 Å². The van der Waals surface area contributed by atoms with Gasteiger partial charge in [0.15, 0.2) is 11.5 Å². The number of rotatable bonds is 7. The number of methoxy groups -OCH3 is 2. The second-order valence-electron chi connectivity index (χ2n) is 6.51. The zero-order valence-electron chi connectivity index (χ0n) is 16.9. The molecule has 0 spiro atoms. The number of ether oxygens (including phenoxy) is 2. The molecule has 1 amide bonds. The summed E-state index contributed by atoms with van der Waals surface area (Å²) >= 11 is 1.61. The molecule has 1 N–H and O–H groups in total. The number of benzene rings is 2. The number of carbonyl (C=O) groups is 1. The Balaban J connectivity index is 1.68. The molecule has 0 bridgehead atoms. The summed E-state index contributed by atoms with van der Waals surface area (Å²) in [7, 11) is 3.17. The number of hydrogen-bond donors (Lipinski definition) is 1. The molecule has 0 aliphatic heterocycles. The number of amides is 1. The molecule has 1 heterocycles. The van der Waals surface area contributed by atoms with E-state index in [0.717, 1.165) is 26.7 Å². The highest BCUT2D eigenvalue weighted by Gasteiger charge is 2.16. The quantitative estimate of drug-likeness (QED) is 0.557. The van der Waals surface area contributed by atoms with Crippen molar-refractivity contribution in [1.82, 2.24) is 10.3 Å². The van der Waals surface area contributed by atoms with E-state index in [1.54, 1.807) is 31.6 Å². The van der Waals surface area contributed by atoms with Crippen LogP contribution in [0.2, 0.25) is 0 Å². The van der Waals surface area contributed by atoms with Gasteiger partial charge in [-0.25, -0.2) is 4.98 Å². The third-order valence-electron chi connectivity index (χ3n) is 4.44. The van der Waals surface area contributed by atoms with Gasteiger partial charge in [0.2, 0.25) is 5.91 Å². The van der Waals surface area contributed by atoms with E-state index >= 15 is 0 Å². The molecule has 3 rings (SSSR count). The first-order valence-corrected chi connectivity index (χ1v) is 10.1. The Labute approximate surface area is 175 Å². The number of hydrogen-bond acceptors (Lipinski definition) is 5. The van der Waals surface area contributed by atoms with Gasteiger partial charge in [-0.15, -0.1) is 11.3 Å². The molecule has 5 nitrogen and oxygen atoms in total. The minimum atomic E-state index is -0.165. The van der Waals surface area contributed by atoms with Gasteiger partial charge < -0.3 is 14.8 Å². The highest BCUT2D eigenvalue weighted by molar-refractivity contribution is 7.15. The van der Waals surface area contributed by atoms with E-state index in [1.807, 2.05) is 62.4 Å². The molecule has 1 unspecified atom stereocenters. The molecule has 150 valence electrons. The molecular weight excluding hydrogens is 384 g/mol. The number of nitrogens with one attached hydrogen (secondary N) is 1. The molecule has 6 heteroatoms. The topological polar surface area (TPSA) is 60.5 Å². The molecule has 3 aromatic rings. The fourth-order valence-electron chi connectivity index (χ4n) is 2.97. The first kappa shape index (κ1) is 20.6. The molecule has 0 saturated carbocycles. The summed E-state index contributed by atoms with van der Waals surface area (Å²) in [6, 6.07) is 15.4. The highest BCUT2D eigenvalue weighted by atomic mass is 32.1. The monoisotopic (exact) mass is 408 g/mol. The van der Waals surface area contributed by atoms with Crippen molar-refractivity contribution in [1.29, 1.82) is 0 Å². The molecule has 0 fully saturated rings. The average molecular weight is 409 g/mol. The van der Waals surface area contributed by atoms with Crippen LogP contribution in [0.5, 0.6) is 11.5 Å². The lowest BCUT2D eigenvalue weighted by atomic mass is 10.2. The molecule has 0 radical (unpaired) electrons. The normalized spacial score (nSPS) is 12.0. The van der Waals surface area contributed by atoms with Crippen LogP contribution in [-0.2, 0) is 4.79 Å². The second kappa shape index (κ2) is 9.39. The van der Waals surface area contributed by atoms with Crippen LogP contribution < -0.4 is 14.8 Å². The maximum atomic E-state index is 12.4. The van der Waals surface area contributed by atoms with Crippen molar-refractivity contribution in [2.45, 2.75) is 19.9 Å². The Morgan fingerprint density at radius 1 is 1.10 bits per heavy atom. The van der Waals surface area contributed by atoms with E-state index in [4.69, 9.17) is 9.47 Å². The van der Waals surface area contributed by atoms with Gasteiger partial charge >= 0.3 is 0 Å². The van der Waals surface area contributed by atoms with Gasteiger partial charge in [0.05, 0.1) is 30.8 Å². The standard InChI is InChI=1S/C23H24N2O3S/c1-15(22-16(2)25-23(29-22)18-8-6-5-7-9-18)24-21(26)13-11-17-10-12-19(27-3)20(14-17)28-4/h5-15H,1-4H3,(H,24,26). The smallest absolute Gasteiger partial charge is 0.244 e. The van der Waals surface area contributed by atoms with Crippen molar-refractivity contribution in [2.24, 2.45) is 0 Å². The Kier molecular flexibility index (Phi) is 6.67. The summed E-state index contributed by atoms with van der Waals surface area (Å²) in [5.74, 6) is 1.11. The minimum Gasteiger partial charge on any atom is -0.493 e. The molecular formula is C23H24N2O3S. The van der Waals surface area contributed by atoms with Gasteiger partial charge in [0.25, 0.3) is 0 Å². The zero-order valence-corrected chi connectivity index (χ0v) is 17.7. The number of carbonyl (C=O) groups excluding carboxylic acids is 1. The summed E-state index contributed by atoms with van der Waals surface area (Å²) in [5.41, 5.74) is 2.87. The van der Waals surface area contributed by atoms with Gasteiger partial charge in [-0.05, 0) is 37.6 Å². The van der Waals surface area contributed by atoms with Crippen molar-refractivity contribution in [3.8, 4) is 22.1 Å². The van der Waals surface area contributed by atoms with E-state index < -0.39 is 0 Å². The molecule has 1 aromatic heterocycles. The van der Waals surface area contributed by atoms with E-state index in [1.165, 1.54) is 6.08 Å². The largest absolute Gasteiger partial charge is 0.493 e. The van der Waals surface area contributed by atoms with Crippen molar-refractivity contribution < 1.29 is 14.3 Å². The molecule has 0 saturated heterocycles. The zero-order chi connectivity index (χ0) is 20.8. The van der Waals surface area contributed by atoms with Crippen molar-refractivity contribution in [2.75, 3.05) is 14.2 Å². The van der Waals surface area contributed by atoms with Crippen LogP contribution in [0.1, 0.15) is 29.1 Å². The number of thiazole rings is 1. The maximum Gasteiger partial charge on any atom is 0.244 e. The Morgan fingerprint density at radius 3 is 2.52 bits per heavy atom. The lowest BCUT2D eigenvalue weighted by Crippen LogP contribution is -2.24. The summed E-state index contributed by atoms with van der Waals surface area (Å²) in [6.45, 7) is 3.94. The van der Waals surface area contributed by atoms with Crippen LogP contribution in [0.15, 0.2) is 54.6 Å². The average Bonchev–Trinajstić information content (AvgIpc) is 3.14. The molecule has 2 aromatic carbocycles. The van der Waals surface area contributed by atoms with Gasteiger partial charge in [0, 0.05) is 11.6 Å². The highest BCUT2D eigenvalue weighted by Crippen LogP contribution is 2.31. The molecule has 0 aliphatic rings. The third kappa shape index (κ3) is 5.03. The number of nitrogens with zero attached hydrogens (tertiary/aromatic N) is 1. The summed E-state index contributed by atoms with van der Waals surface area (Å²) in [6.07, 6.45) is 3.27. The second-order valence-corrected chi connectivity index (χ2v) is 7.54. The molecule has 0 aliphatic carbocycles. The van der Waals surface area contributed by atoms with E-state index in [0.29, 0.717) is 11.5 Å². The predicted octanol–water partition coefficient (Wildman–Crippen LogP) is 5.03. The first-order chi connectivity index (χ1) is 14.0. The summed E-state index contributed by atoms with van der Waals surface area (Å²) < 4.78 is 10.5. The van der Waals surface area contributed by atoms with Crippen molar-refractivity contribution in [3.05, 3.63) is 70.7 Å². The third-order valence-corrected chi connectivity index (χ3v) is 5.83. The molecule has 1 atom stereocenters. The number of aryl methyl sites for hydroxylation is 1. The fraction of sp³-hybridized carbons (Fsp3) is 0.217. The SMILES string of the molecule is COc1ccc(C=CC(=O)NC(C)c2sc(-c3ccccc3)nc2C)cc1OC. The lowest BCUT2D eigenvalue weighted by molar-refractivity contribution is -0.117. The van der Waals surface area contributed by atoms with Crippen LogP contribution >= 0.6 is 11.3 Å². The van der Waals surface area contributed by atoms with Crippen LogP contribution in [-0.4, -0.2) is 25.1 Å². The summed E-state index contributed by atoms with van der Waals surface area (Å²) in [4.78, 5) is 18.1. The predicted molar refractivity (Wildman–Crippen MR) is 117 cm³/mol. The summed E-state index contributed by atoms with van der Waals surface area (Å²) in [5, 5.41) is 3.97. The molecule has 29 heavy (non-hydrogen) atoms. The van der Waals surface area contributed by atoms with Gasteiger partial charge in [-0.2, -0.15) is 0 Å². The van der Waals surface area contributed by atoms with E-state index in [9.17, 15) is 4.79 Å². The van der Waals surface area contributed by atoms with Gasteiger partial charge in [-0.1, -0.05) is 36.4 Å². The fourth-order valence-corrected chi connectivity index (χ4v) is 4.04. The van der Waals surface area contributed by atoms with Gasteiger partial charge in [-0.3, -0.25) is 4.79 Å². The Bertz CT molecular complexity index is 1010. The van der Waals surface area contributed by atoms with Crippen molar-refractivity contribution in [3.63, 3.8) is 0 Å². The Morgan fingerprint density at radius 2 is 1.83 bits per heavy atom. The minimum absolute atomic E-state index is 0.132. The van der Waals surface area contributed by atoms with Gasteiger partial charge in [0.1, 0.15) is 5.01 Å². The first-order valence-electron chi connectivity index (χ1n) is 9.25. The van der Waals surface area contributed by atoms with Crippen LogP contribution in [0.4, 0.5) is 0 Å².